The first-order chi connectivity index (χ1) is 10.5. The minimum Gasteiger partial charge on any atom is -0.328 e. The van der Waals surface area contributed by atoms with Crippen LogP contribution in [0, 0.1) is 6.92 Å². The summed E-state index contributed by atoms with van der Waals surface area (Å²) in [6.07, 6.45) is 3.49. The molecule has 0 saturated carbocycles. The Hall–Kier alpha value is -1.72. The van der Waals surface area contributed by atoms with Gasteiger partial charge in [-0.25, -0.2) is 4.98 Å². The van der Waals surface area contributed by atoms with E-state index in [0.717, 1.165) is 42.5 Å². The number of benzene rings is 1. The fraction of sp³-hybridized carbons (Fsp3) is 0.529. The number of hydrogen-bond acceptors (Lipinski definition) is 4. The highest BCUT2D eigenvalue weighted by Crippen LogP contribution is 2.16. The lowest BCUT2D eigenvalue weighted by molar-refractivity contribution is 0.143. The first kappa shape index (κ1) is 15.2. The second-order valence-corrected chi connectivity index (χ2v) is 6.41. The van der Waals surface area contributed by atoms with Crippen LogP contribution in [0.4, 0.5) is 0 Å². The molecule has 2 unspecified atom stereocenters. The van der Waals surface area contributed by atoms with E-state index >= 15 is 0 Å². The van der Waals surface area contributed by atoms with Crippen molar-refractivity contribution >= 4 is 11.0 Å². The highest BCUT2D eigenvalue weighted by Gasteiger charge is 2.22. The van der Waals surface area contributed by atoms with Crippen molar-refractivity contribution in [3.8, 4) is 0 Å². The topological polar surface area (TPSA) is 64.2 Å². The zero-order chi connectivity index (χ0) is 15.7. The molecule has 1 saturated heterocycles. The van der Waals surface area contributed by atoms with Gasteiger partial charge >= 0.3 is 0 Å². The third-order valence-electron chi connectivity index (χ3n) is 4.67. The summed E-state index contributed by atoms with van der Waals surface area (Å²) in [5.74, 6) is 0. The lowest BCUT2D eigenvalue weighted by atomic mass is 9.99. The van der Waals surface area contributed by atoms with Crippen LogP contribution >= 0.6 is 0 Å². The summed E-state index contributed by atoms with van der Waals surface area (Å²) in [5.41, 5.74) is 8.93. The molecule has 0 bridgehead atoms. The molecule has 0 amide bonds. The number of aryl methyl sites for hydroxylation is 1. The zero-order valence-corrected chi connectivity index (χ0v) is 13.3. The van der Waals surface area contributed by atoms with E-state index in [0.29, 0.717) is 18.6 Å². The predicted octanol–water partition coefficient (Wildman–Crippen LogP) is 1.52. The molecule has 1 aromatic carbocycles. The van der Waals surface area contributed by atoms with E-state index in [1.54, 1.807) is 0 Å². The largest absolute Gasteiger partial charge is 0.328 e. The predicted molar refractivity (Wildman–Crippen MR) is 89.0 cm³/mol. The minimum atomic E-state index is -0.0283. The van der Waals surface area contributed by atoms with Gasteiger partial charge in [0.05, 0.1) is 17.2 Å². The van der Waals surface area contributed by atoms with Gasteiger partial charge in [0, 0.05) is 25.2 Å². The van der Waals surface area contributed by atoms with Crippen molar-refractivity contribution in [3.63, 3.8) is 0 Å². The van der Waals surface area contributed by atoms with E-state index < -0.39 is 0 Å². The Balaban J connectivity index is 1.83. The van der Waals surface area contributed by atoms with Gasteiger partial charge < -0.3 is 10.3 Å². The van der Waals surface area contributed by atoms with Crippen molar-refractivity contribution in [2.75, 3.05) is 13.1 Å². The van der Waals surface area contributed by atoms with Crippen molar-refractivity contribution in [2.24, 2.45) is 5.73 Å². The molecule has 118 valence electrons. The molecule has 2 heterocycles. The molecule has 1 fully saturated rings. The number of nitrogens with two attached hydrogens (primary N) is 1. The van der Waals surface area contributed by atoms with Crippen LogP contribution in [0.5, 0.6) is 0 Å². The first-order valence-corrected chi connectivity index (χ1v) is 8.00. The molecular formula is C17H24N4O. The smallest absolute Gasteiger partial charge is 0.269 e. The highest BCUT2D eigenvalue weighted by atomic mass is 16.1. The number of fused-ring (bicyclic) bond motifs is 1. The molecule has 0 radical (unpaired) electrons. The van der Waals surface area contributed by atoms with Gasteiger partial charge in [0.25, 0.3) is 5.56 Å². The number of piperidine rings is 1. The Labute approximate surface area is 130 Å². The van der Waals surface area contributed by atoms with Gasteiger partial charge in [0.2, 0.25) is 0 Å². The normalized spacial score (nSPS) is 23.0. The monoisotopic (exact) mass is 300 g/mol. The third-order valence-corrected chi connectivity index (χ3v) is 4.67. The van der Waals surface area contributed by atoms with Crippen molar-refractivity contribution in [3.05, 3.63) is 40.3 Å². The van der Waals surface area contributed by atoms with Gasteiger partial charge in [-0.2, -0.15) is 0 Å². The zero-order valence-electron chi connectivity index (χ0n) is 13.3. The van der Waals surface area contributed by atoms with Crippen LogP contribution in [0.1, 0.15) is 25.3 Å². The van der Waals surface area contributed by atoms with Crippen LogP contribution in [0.2, 0.25) is 0 Å². The molecule has 22 heavy (non-hydrogen) atoms. The quantitative estimate of drug-likeness (QED) is 0.933. The maximum absolute atomic E-state index is 12.2. The Bertz CT molecular complexity index is 724. The van der Waals surface area contributed by atoms with Gasteiger partial charge in [-0.05, 0) is 50.9 Å². The van der Waals surface area contributed by atoms with Crippen LogP contribution in [-0.4, -0.2) is 39.6 Å². The van der Waals surface area contributed by atoms with Crippen molar-refractivity contribution < 1.29 is 0 Å². The van der Waals surface area contributed by atoms with Crippen molar-refractivity contribution in [1.82, 2.24) is 14.5 Å². The SMILES string of the molecule is Cc1ccc2ncc(=O)n(CCN3CCC(N)CC3C)c2c1. The standard InChI is InChI=1S/C17H24N4O/c1-12-3-4-15-16(9-12)21(17(22)11-19-15)8-7-20-6-5-14(18)10-13(20)2/h3-4,9,11,13-14H,5-8,10,18H2,1-2H3. The van der Waals surface area contributed by atoms with Crippen LogP contribution in [0.15, 0.2) is 29.2 Å². The van der Waals surface area contributed by atoms with Gasteiger partial charge in [0.1, 0.15) is 0 Å². The second-order valence-electron chi connectivity index (χ2n) is 6.41. The Morgan fingerprint density at radius 3 is 2.95 bits per heavy atom. The highest BCUT2D eigenvalue weighted by molar-refractivity contribution is 5.75. The molecule has 1 aliphatic heterocycles. The van der Waals surface area contributed by atoms with Gasteiger partial charge in [-0.15, -0.1) is 0 Å². The van der Waals surface area contributed by atoms with Crippen LogP contribution in [0.25, 0.3) is 11.0 Å². The molecule has 2 atom stereocenters. The maximum Gasteiger partial charge on any atom is 0.269 e. The Morgan fingerprint density at radius 1 is 1.36 bits per heavy atom. The van der Waals surface area contributed by atoms with E-state index in [2.05, 4.69) is 16.8 Å². The number of likely N-dealkylation sites (tertiary alicyclic amines) is 1. The molecule has 0 spiro atoms. The Kier molecular flexibility index (Phi) is 4.27. The molecule has 1 aliphatic rings. The molecule has 5 heteroatoms. The number of hydrogen-bond donors (Lipinski definition) is 1. The fourth-order valence-corrected chi connectivity index (χ4v) is 3.32. The summed E-state index contributed by atoms with van der Waals surface area (Å²) in [7, 11) is 0. The minimum absolute atomic E-state index is 0.0283. The summed E-state index contributed by atoms with van der Waals surface area (Å²) >= 11 is 0. The van der Waals surface area contributed by atoms with E-state index in [1.807, 2.05) is 29.7 Å². The van der Waals surface area contributed by atoms with Gasteiger partial charge in [-0.1, -0.05) is 6.07 Å². The summed E-state index contributed by atoms with van der Waals surface area (Å²) in [4.78, 5) is 18.9. The van der Waals surface area contributed by atoms with Crippen LogP contribution in [0.3, 0.4) is 0 Å². The van der Waals surface area contributed by atoms with Crippen molar-refractivity contribution in [1.29, 1.82) is 0 Å². The van der Waals surface area contributed by atoms with Crippen molar-refractivity contribution in [2.45, 2.75) is 45.3 Å². The molecule has 1 aromatic heterocycles. The summed E-state index contributed by atoms with van der Waals surface area (Å²) in [6, 6.07) is 6.84. The lowest BCUT2D eigenvalue weighted by Crippen LogP contribution is -2.47. The molecule has 2 aromatic rings. The van der Waals surface area contributed by atoms with Gasteiger partial charge in [-0.3, -0.25) is 9.69 Å². The van der Waals surface area contributed by atoms with E-state index in [-0.39, 0.29) is 5.56 Å². The van der Waals surface area contributed by atoms with Crippen LogP contribution < -0.4 is 11.3 Å². The Morgan fingerprint density at radius 2 is 2.18 bits per heavy atom. The average Bonchev–Trinajstić information content (AvgIpc) is 2.48. The van der Waals surface area contributed by atoms with E-state index in [1.165, 1.54) is 6.20 Å². The summed E-state index contributed by atoms with van der Waals surface area (Å²) < 4.78 is 1.84. The lowest BCUT2D eigenvalue weighted by Gasteiger charge is -2.36. The number of rotatable bonds is 3. The molecule has 2 N–H and O–H groups in total. The second kappa shape index (κ2) is 6.18. The number of nitrogens with zero attached hydrogens (tertiary/aromatic N) is 3. The maximum atomic E-state index is 12.2. The molecule has 0 aliphatic carbocycles. The van der Waals surface area contributed by atoms with Crippen LogP contribution in [-0.2, 0) is 6.54 Å². The fourth-order valence-electron chi connectivity index (χ4n) is 3.32. The first-order valence-electron chi connectivity index (χ1n) is 8.00. The van der Waals surface area contributed by atoms with E-state index in [4.69, 9.17) is 5.73 Å². The molecular weight excluding hydrogens is 276 g/mol. The number of aromatic nitrogens is 2. The van der Waals surface area contributed by atoms with E-state index in [9.17, 15) is 4.79 Å². The third kappa shape index (κ3) is 3.05. The molecule has 5 nitrogen and oxygen atoms in total. The average molecular weight is 300 g/mol. The summed E-state index contributed by atoms with van der Waals surface area (Å²) in [5, 5.41) is 0. The summed E-state index contributed by atoms with van der Waals surface area (Å²) in [6.45, 7) is 6.84. The van der Waals surface area contributed by atoms with Gasteiger partial charge in [0.15, 0.2) is 0 Å². The molecule has 3 rings (SSSR count).